The van der Waals surface area contributed by atoms with Gasteiger partial charge in [0.15, 0.2) is 0 Å². The number of Topliss-reactive ketones (excluding diaryl/α,β-unsaturated/α-hetero) is 1. The van der Waals surface area contributed by atoms with Crippen LogP contribution in [0.1, 0.15) is 12.8 Å². The van der Waals surface area contributed by atoms with Crippen LogP contribution < -0.4 is 4.90 Å². The number of carbonyl (C=O) groups is 1. The van der Waals surface area contributed by atoms with Gasteiger partial charge in [0, 0.05) is 36.5 Å². The van der Waals surface area contributed by atoms with E-state index in [4.69, 9.17) is 0 Å². The van der Waals surface area contributed by atoms with E-state index in [9.17, 15) is 4.79 Å². The molecule has 0 radical (unpaired) electrons. The highest BCUT2D eigenvalue weighted by Crippen LogP contribution is 2.22. The number of thioether (sulfide) groups is 1. The molecule has 80 valence electrons. The molecule has 0 spiro atoms. The van der Waals surface area contributed by atoms with Gasteiger partial charge < -0.3 is 4.90 Å². The van der Waals surface area contributed by atoms with Crippen LogP contribution in [-0.2, 0) is 4.79 Å². The van der Waals surface area contributed by atoms with Crippen LogP contribution in [0.4, 0.5) is 5.69 Å². The lowest BCUT2D eigenvalue weighted by Crippen LogP contribution is -2.33. The summed E-state index contributed by atoms with van der Waals surface area (Å²) in [6.07, 6.45) is 3.48. The zero-order valence-corrected chi connectivity index (χ0v) is 9.72. The van der Waals surface area contributed by atoms with Gasteiger partial charge in [0.2, 0.25) is 0 Å². The fourth-order valence-corrected chi connectivity index (χ4v) is 2.22. The lowest BCUT2D eigenvalue weighted by atomic mass is 10.1. The van der Waals surface area contributed by atoms with E-state index in [0.717, 1.165) is 13.1 Å². The highest BCUT2D eigenvalue weighted by atomic mass is 32.2. The minimum atomic E-state index is 0.395. The maximum Gasteiger partial charge on any atom is 0.136 e. The fourth-order valence-electron chi connectivity index (χ4n) is 1.81. The minimum absolute atomic E-state index is 0.395. The van der Waals surface area contributed by atoms with Crippen LogP contribution in [0, 0.1) is 0 Å². The van der Waals surface area contributed by atoms with Crippen molar-refractivity contribution in [2.45, 2.75) is 17.7 Å². The zero-order chi connectivity index (χ0) is 10.7. The summed E-state index contributed by atoms with van der Waals surface area (Å²) in [5, 5.41) is 0. The van der Waals surface area contributed by atoms with Crippen molar-refractivity contribution in [3.63, 3.8) is 0 Å². The second-order valence-corrected chi connectivity index (χ2v) is 4.60. The molecule has 0 bridgehead atoms. The number of anilines is 1. The normalized spacial score (nSPS) is 16.9. The highest BCUT2D eigenvalue weighted by Gasteiger charge is 2.15. The Bertz CT molecular complexity index is 337. The predicted molar refractivity (Wildman–Crippen MR) is 64.7 cm³/mol. The first-order valence-electron chi connectivity index (χ1n) is 5.20. The first-order chi connectivity index (χ1) is 7.29. The fraction of sp³-hybridized carbons (Fsp3) is 0.417. The van der Waals surface area contributed by atoms with Crippen molar-refractivity contribution in [1.82, 2.24) is 0 Å². The largest absolute Gasteiger partial charge is 0.371 e. The molecule has 2 nitrogen and oxygen atoms in total. The van der Waals surface area contributed by atoms with E-state index in [1.54, 1.807) is 11.8 Å². The first kappa shape index (κ1) is 10.6. The summed E-state index contributed by atoms with van der Waals surface area (Å²) in [5.74, 6) is 0.395. The van der Waals surface area contributed by atoms with Gasteiger partial charge in [-0.15, -0.1) is 11.8 Å². The molecule has 1 aromatic carbocycles. The Hall–Kier alpha value is -0.960. The van der Waals surface area contributed by atoms with Crippen molar-refractivity contribution in [3.8, 4) is 0 Å². The molecule has 1 heterocycles. The molecular formula is C12H15NOS. The van der Waals surface area contributed by atoms with Crippen LogP contribution in [0.25, 0.3) is 0 Å². The first-order valence-corrected chi connectivity index (χ1v) is 6.43. The molecule has 0 aromatic heterocycles. The average molecular weight is 221 g/mol. The molecule has 1 aliphatic rings. The van der Waals surface area contributed by atoms with Gasteiger partial charge in [0.1, 0.15) is 5.78 Å². The van der Waals surface area contributed by atoms with E-state index >= 15 is 0 Å². The molecule has 1 saturated heterocycles. The average Bonchev–Trinajstić information content (AvgIpc) is 2.30. The van der Waals surface area contributed by atoms with Gasteiger partial charge in [-0.25, -0.2) is 0 Å². The Morgan fingerprint density at radius 3 is 2.27 bits per heavy atom. The Balaban J connectivity index is 2.06. The van der Waals surface area contributed by atoms with Crippen LogP contribution in [0.3, 0.4) is 0 Å². The van der Waals surface area contributed by atoms with Gasteiger partial charge in [-0.3, -0.25) is 4.79 Å². The molecule has 2 rings (SSSR count). The summed E-state index contributed by atoms with van der Waals surface area (Å²) < 4.78 is 0. The molecule has 0 amide bonds. The van der Waals surface area contributed by atoms with Crippen molar-refractivity contribution < 1.29 is 4.79 Å². The smallest absolute Gasteiger partial charge is 0.136 e. The van der Waals surface area contributed by atoms with E-state index in [0.29, 0.717) is 18.6 Å². The third kappa shape index (κ3) is 2.53. The molecule has 0 N–H and O–H groups in total. The summed E-state index contributed by atoms with van der Waals surface area (Å²) in [4.78, 5) is 14.7. The lowest BCUT2D eigenvalue weighted by Gasteiger charge is -2.28. The number of hydrogen-bond donors (Lipinski definition) is 0. The number of nitrogens with zero attached hydrogens (tertiary/aromatic N) is 1. The number of piperidine rings is 1. The molecule has 1 fully saturated rings. The van der Waals surface area contributed by atoms with Gasteiger partial charge in [0.25, 0.3) is 0 Å². The maximum atomic E-state index is 11.1. The minimum Gasteiger partial charge on any atom is -0.371 e. The van der Waals surface area contributed by atoms with E-state index in [1.807, 2.05) is 0 Å². The number of rotatable bonds is 2. The van der Waals surface area contributed by atoms with Crippen LogP contribution in [-0.4, -0.2) is 25.1 Å². The number of benzene rings is 1. The van der Waals surface area contributed by atoms with Crippen LogP contribution in [0.2, 0.25) is 0 Å². The van der Waals surface area contributed by atoms with Crippen molar-refractivity contribution in [2.75, 3.05) is 24.2 Å². The predicted octanol–water partition coefficient (Wildman–Crippen LogP) is 2.58. The maximum absolute atomic E-state index is 11.1. The summed E-state index contributed by atoms with van der Waals surface area (Å²) in [7, 11) is 0. The second kappa shape index (κ2) is 4.71. The molecule has 0 unspecified atom stereocenters. The number of ketones is 1. The summed E-state index contributed by atoms with van der Waals surface area (Å²) in [6.45, 7) is 1.74. The zero-order valence-electron chi connectivity index (χ0n) is 8.90. The summed E-state index contributed by atoms with van der Waals surface area (Å²) in [6, 6.07) is 8.55. The van der Waals surface area contributed by atoms with Gasteiger partial charge in [-0.05, 0) is 30.5 Å². The Morgan fingerprint density at radius 1 is 1.13 bits per heavy atom. The lowest BCUT2D eigenvalue weighted by molar-refractivity contribution is -0.119. The summed E-state index contributed by atoms with van der Waals surface area (Å²) in [5.41, 5.74) is 1.24. The Labute approximate surface area is 94.7 Å². The van der Waals surface area contributed by atoms with Gasteiger partial charge in [-0.1, -0.05) is 0 Å². The molecule has 0 aliphatic carbocycles. The molecule has 0 atom stereocenters. The van der Waals surface area contributed by atoms with Gasteiger partial charge in [-0.2, -0.15) is 0 Å². The standard InChI is InChI=1S/C12H15NOS/c1-15-12-4-2-10(3-5-12)13-8-6-11(14)7-9-13/h2-5H,6-9H2,1H3. The van der Waals surface area contributed by atoms with E-state index in [2.05, 4.69) is 35.4 Å². The monoisotopic (exact) mass is 221 g/mol. The van der Waals surface area contributed by atoms with Crippen molar-refractivity contribution in [2.24, 2.45) is 0 Å². The van der Waals surface area contributed by atoms with Crippen LogP contribution in [0.5, 0.6) is 0 Å². The summed E-state index contributed by atoms with van der Waals surface area (Å²) >= 11 is 1.75. The molecule has 1 aliphatic heterocycles. The van der Waals surface area contributed by atoms with E-state index in [1.165, 1.54) is 10.6 Å². The molecule has 3 heteroatoms. The molecular weight excluding hydrogens is 206 g/mol. The topological polar surface area (TPSA) is 20.3 Å². The van der Waals surface area contributed by atoms with Crippen molar-refractivity contribution >= 4 is 23.2 Å². The van der Waals surface area contributed by atoms with Crippen LogP contribution in [0.15, 0.2) is 29.2 Å². The Kier molecular flexibility index (Phi) is 3.31. The number of hydrogen-bond acceptors (Lipinski definition) is 3. The highest BCUT2D eigenvalue weighted by molar-refractivity contribution is 7.98. The Morgan fingerprint density at radius 2 is 1.73 bits per heavy atom. The molecule has 0 saturated carbocycles. The second-order valence-electron chi connectivity index (χ2n) is 3.72. The van der Waals surface area contributed by atoms with Crippen LogP contribution >= 0.6 is 11.8 Å². The van der Waals surface area contributed by atoms with Crippen molar-refractivity contribution in [3.05, 3.63) is 24.3 Å². The third-order valence-corrected chi connectivity index (χ3v) is 3.50. The molecule has 1 aromatic rings. The molecule has 15 heavy (non-hydrogen) atoms. The van der Waals surface area contributed by atoms with E-state index < -0.39 is 0 Å². The number of carbonyl (C=O) groups excluding carboxylic acids is 1. The quantitative estimate of drug-likeness (QED) is 0.716. The van der Waals surface area contributed by atoms with Gasteiger partial charge in [0.05, 0.1) is 0 Å². The van der Waals surface area contributed by atoms with Gasteiger partial charge >= 0.3 is 0 Å². The SMILES string of the molecule is CSc1ccc(N2CCC(=O)CC2)cc1. The van der Waals surface area contributed by atoms with Crippen molar-refractivity contribution in [1.29, 1.82) is 0 Å². The third-order valence-electron chi connectivity index (χ3n) is 2.76. The van der Waals surface area contributed by atoms with E-state index in [-0.39, 0.29) is 0 Å².